The topological polar surface area (TPSA) is 84.2 Å². The highest BCUT2D eigenvalue weighted by atomic mass is 16.5. The number of hydrogen-bond acceptors (Lipinski definition) is 6. The van der Waals surface area contributed by atoms with Crippen LogP contribution in [0.5, 0.6) is 0 Å². The lowest BCUT2D eigenvalue weighted by atomic mass is 10.1. The molecule has 4 rings (SSSR count). The standard InChI is InChI=1S/C21H23N5O2/c1-15(16-8-4-2-5-9-16)23-20(27)21-24-19(25-28-21)17-10-11-22-18(14-17)26-12-6-3-7-13-26/h2,4-5,8-11,14-15H,3,6-7,12-13H2,1H3,(H,23,27). The SMILES string of the molecule is CC(NC(=O)c1nc(-c2ccnc(N3CCCCC3)c2)no1)c1ccccc1. The van der Waals surface area contributed by atoms with E-state index in [-0.39, 0.29) is 17.8 Å². The number of aromatic nitrogens is 3. The number of hydrogen-bond donors (Lipinski definition) is 1. The van der Waals surface area contributed by atoms with E-state index >= 15 is 0 Å². The number of piperidine rings is 1. The Morgan fingerprint density at radius 3 is 2.71 bits per heavy atom. The quantitative estimate of drug-likeness (QED) is 0.731. The monoisotopic (exact) mass is 377 g/mol. The van der Waals surface area contributed by atoms with Gasteiger partial charge in [-0.1, -0.05) is 35.5 Å². The summed E-state index contributed by atoms with van der Waals surface area (Å²) in [6.07, 6.45) is 5.36. The molecule has 1 fully saturated rings. The van der Waals surface area contributed by atoms with Crippen molar-refractivity contribution < 1.29 is 9.32 Å². The maximum atomic E-state index is 12.5. The van der Waals surface area contributed by atoms with Gasteiger partial charge in [-0.25, -0.2) is 4.98 Å². The van der Waals surface area contributed by atoms with Crippen LogP contribution < -0.4 is 10.2 Å². The molecule has 28 heavy (non-hydrogen) atoms. The molecule has 1 amide bonds. The van der Waals surface area contributed by atoms with E-state index in [9.17, 15) is 4.79 Å². The van der Waals surface area contributed by atoms with Crippen molar-refractivity contribution in [3.63, 3.8) is 0 Å². The average molecular weight is 377 g/mol. The molecule has 0 saturated carbocycles. The Morgan fingerprint density at radius 1 is 1.14 bits per heavy atom. The second-order valence-corrected chi connectivity index (χ2v) is 6.98. The number of nitrogens with one attached hydrogen (secondary N) is 1. The molecule has 7 heteroatoms. The number of carbonyl (C=O) groups is 1. The summed E-state index contributed by atoms with van der Waals surface area (Å²) in [6.45, 7) is 3.93. The normalized spacial score (nSPS) is 15.2. The number of carbonyl (C=O) groups excluding carboxylic acids is 1. The Labute approximate surface area is 163 Å². The summed E-state index contributed by atoms with van der Waals surface area (Å²) in [5.74, 6) is 0.860. The first-order valence-electron chi connectivity index (χ1n) is 9.61. The van der Waals surface area contributed by atoms with Crippen molar-refractivity contribution >= 4 is 11.7 Å². The smallest absolute Gasteiger partial charge is 0.316 e. The van der Waals surface area contributed by atoms with Crippen LogP contribution in [0.1, 0.15) is 48.5 Å². The summed E-state index contributed by atoms with van der Waals surface area (Å²) in [7, 11) is 0. The molecule has 1 unspecified atom stereocenters. The molecule has 7 nitrogen and oxygen atoms in total. The number of pyridine rings is 1. The zero-order chi connectivity index (χ0) is 19.3. The van der Waals surface area contributed by atoms with Crippen molar-refractivity contribution in [2.45, 2.75) is 32.2 Å². The third-order valence-corrected chi connectivity index (χ3v) is 4.95. The summed E-state index contributed by atoms with van der Waals surface area (Å²) < 4.78 is 5.20. The predicted molar refractivity (Wildman–Crippen MR) is 106 cm³/mol. The van der Waals surface area contributed by atoms with E-state index in [0.717, 1.165) is 30.0 Å². The lowest BCUT2D eigenvalue weighted by Crippen LogP contribution is -2.30. The van der Waals surface area contributed by atoms with E-state index in [4.69, 9.17) is 4.52 Å². The third kappa shape index (κ3) is 4.03. The predicted octanol–water partition coefficient (Wildman–Crippen LogP) is 3.61. The van der Waals surface area contributed by atoms with Gasteiger partial charge in [-0.2, -0.15) is 4.98 Å². The van der Waals surface area contributed by atoms with Gasteiger partial charge in [-0.3, -0.25) is 4.79 Å². The Hall–Kier alpha value is -3.22. The molecule has 1 aromatic carbocycles. The lowest BCUT2D eigenvalue weighted by Gasteiger charge is -2.27. The van der Waals surface area contributed by atoms with Gasteiger partial charge < -0.3 is 14.7 Å². The first-order chi connectivity index (χ1) is 13.7. The van der Waals surface area contributed by atoms with Crippen molar-refractivity contribution in [3.05, 3.63) is 60.1 Å². The first-order valence-corrected chi connectivity index (χ1v) is 9.61. The molecular weight excluding hydrogens is 354 g/mol. The molecule has 2 aromatic heterocycles. The molecular formula is C21H23N5O2. The Bertz CT molecular complexity index is 935. The van der Waals surface area contributed by atoms with Crippen molar-refractivity contribution in [1.82, 2.24) is 20.4 Å². The second kappa shape index (κ2) is 8.21. The molecule has 0 spiro atoms. The molecule has 1 saturated heterocycles. The van der Waals surface area contributed by atoms with Gasteiger partial charge in [0.1, 0.15) is 5.82 Å². The Morgan fingerprint density at radius 2 is 1.93 bits per heavy atom. The molecule has 1 N–H and O–H groups in total. The van der Waals surface area contributed by atoms with Crippen molar-refractivity contribution in [1.29, 1.82) is 0 Å². The third-order valence-electron chi connectivity index (χ3n) is 4.95. The summed E-state index contributed by atoms with van der Waals surface area (Å²) in [5, 5.41) is 6.87. The van der Waals surface area contributed by atoms with E-state index in [2.05, 4.69) is 25.3 Å². The van der Waals surface area contributed by atoms with Gasteiger partial charge in [0.25, 0.3) is 0 Å². The molecule has 0 bridgehead atoms. The Kier molecular flexibility index (Phi) is 5.32. The highest BCUT2D eigenvalue weighted by molar-refractivity contribution is 5.90. The van der Waals surface area contributed by atoms with Gasteiger partial charge in [0.15, 0.2) is 0 Å². The molecule has 1 atom stereocenters. The zero-order valence-corrected chi connectivity index (χ0v) is 15.8. The maximum Gasteiger partial charge on any atom is 0.316 e. The summed E-state index contributed by atoms with van der Waals surface area (Å²) in [6, 6.07) is 13.4. The minimum Gasteiger partial charge on any atom is -0.357 e. The lowest BCUT2D eigenvalue weighted by molar-refractivity contribution is 0.0895. The van der Waals surface area contributed by atoms with Gasteiger partial charge >= 0.3 is 11.8 Å². The maximum absolute atomic E-state index is 12.5. The molecule has 0 aliphatic carbocycles. The summed E-state index contributed by atoms with van der Waals surface area (Å²) in [4.78, 5) is 23.5. The van der Waals surface area contributed by atoms with E-state index < -0.39 is 0 Å². The number of benzene rings is 1. The van der Waals surface area contributed by atoms with Gasteiger partial charge in [0.2, 0.25) is 5.82 Å². The van der Waals surface area contributed by atoms with Gasteiger partial charge in [0.05, 0.1) is 6.04 Å². The van der Waals surface area contributed by atoms with Gasteiger partial charge in [-0.15, -0.1) is 0 Å². The average Bonchev–Trinajstić information content (AvgIpc) is 3.26. The van der Waals surface area contributed by atoms with Crippen LogP contribution in [0, 0.1) is 0 Å². The minimum atomic E-state index is -0.389. The van der Waals surface area contributed by atoms with Crippen LogP contribution in [0.3, 0.4) is 0 Å². The van der Waals surface area contributed by atoms with E-state index in [1.54, 1.807) is 6.20 Å². The largest absolute Gasteiger partial charge is 0.357 e. The van der Waals surface area contributed by atoms with E-state index in [1.807, 2.05) is 49.4 Å². The van der Waals surface area contributed by atoms with Crippen LogP contribution in [-0.2, 0) is 0 Å². The number of nitrogens with zero attached hydrogens (tertiary/aromatic N) is 4. The second-order valence-electron chi connectivity index (χ2n) is 6.98. The molecule has 0 radical (unpaired) electrons. The van der Waals surface area contributed by atoms with Gasteiger partial charge in [-0.05, 0) is 43.9 Å². The van der Waals surface area contributed by atoms with Crippen molar-refractivity contribution in [2.24, 2.45) is 0 Å². The van der Waals surface area contributed by atoms with E-state index in [1.165, 1.54) is 19.3 Å². The molecule has 1 aliphatic rings. The van der Waals surface area contributed by atoms with Crippen LogP contribution in [0.25, 0.3) is 11.4 Å². The molecule has 144 valence electrons. The number of amides is 1. The fourth-order valence-electron chi connectivity index (χ4n) is 3.37. The first kappa shape index (κ1) is 18.2. The van der Waals surface area contributed by atoms with E-state index in [0.29, 0.717) is 5.82 Å². The van der Waals surface area contributed by atoms with Crippen molar-refractivity contribution in [2.75, 3.05) is 18.0 Å². The van der Waals surface area contributed by atoms with Gasteiger partial charge in [0, 0.05) is 24.8 Å². The van der Waals surface area contributed by atoms with Crippen LogP contribution in [0.4, 0.5) is 5.82 Å². The molecule has 3 heterocycles. The fourth-order valence-corrected chi connectivity index (χ4v) is 3.37. The molecule has 1 aliphatic heterocycles. The summed E-state index contributed by atoms with van der Waals surface area (Å²) >= 11 is 0. The highest BCUT2D eigenvalue weighted by Crippen LogP contribution is 2.23. The van der Waals surface area contributed by atoms with Crippen molar-refractivity contribution in [3.8, 4) is 11.4 Å². The van der Waals surface area contributed by atoms with Crippen LogP contribution in [-0.4, -0.2) is 34.1 Å². The van der Waals surface area contributed by atoms with Crippen LogP contribution in [0.2, 0.25) is 0 Å². The van der Waals surface area contributed by atoms with Crippen LogP contribution in [0.15, 0.2) is 53.2 Å². The molecule has 3 aromatic rings. The fraction of sp³-hybridized carbons (Fsp3) is 0.333. The number of anilines is 1. The van der Waals surface area contributed by atoms with Crippen LogP contribution >= 0.6 is 0 Å². The number of rotatable bonds is 5. The highest BCUT2D eigenvalue weighted by Gasteiger charge is 2.20. The zero-order valence-electron chi connectivity index (χ0n) is 15.8. The Balaban J connectivity index is 1.47. The summed E-state index contributed by atoms with van der Waals surface area (Å²) in [5.41, 5.74) is 1.80. The minimum absolute atomic E-state index is 0.0471.